The molecule has 0 radical (unpaired) electrons. The third kappa shape index (κ3) is 5.16. The first-order chi connectivity index (χ1) is 15.4. The summed E-state index contributed by atoms with van der Waals surface area (Å²) in [6, 6.07) is 21.8. The predicted octanol–water partition coefficient (Wildman–Crippen LogP) is 4.26. The molecule has 0 fully saturated rings. The molecular formula is C23H19ClN4O3S. The van der Waals surface area contributed by atoms with Crippen LogP contribution in [0.4, 0.5) is 5.69 Å². The Labute approximate surface area is 190 Å². The molecule has 0 bridgehead atoms. The molecule has 7 nitrogen and oxygen atoms in total. The third-order valence-corrected chi connectivity index (χ3v) is 6.24. The Morgan fingerprint density at radius 2 is 1.72 bits per heavy atom. The summed E-state index contributed by atoms with van der Waals surface area (Å²) in [6.07, 6.45) is 3.50. The average Bonchev–Trinajstić information content (AvgIpc) is 3.29. The maximum absolute atomic E-state index is 12.7. The highest BCUT2D eigenvalue weighted by Crippen LogP contribution is 2.19. The molecule has 4 rings (SSSR count). The number of para-hydroxylation sites is 1. The fraction of sp³-hybridized carbons (Fsp3) is 0.0435. The number of amides is 1. The molecule has 3 aromatic carbocycles. The highest BCUT2D eigenvalue weighted by molar-refractivity contribution is 7.92. The van der Waals surface area contributed by atoms with Crippen molar-refractivity contribution in [2.24, 2.45) is 0 Å². The average molecular weight is 467 g/mol. The van der Waals surface area contributed by atoms with Crippen molar-refractivity contribution in [1.82, 2.24) is 15.1 Å². The van der Waals surface area contributed by atoms with E-state index in [-0.39, 0.29) is 22.9 Å². The van der Waals surface area contributed by atoms with E-state index in [0.717, 1.165) is 11.3 Å². The van der Waals surface area contributed by atoms with Crippen LogP contribution in [0.2, 0.25) is 5.02 Å². The topological polar surface area (TPSA) is 93.1 Å². The summed E-state index contributed by atoms with van der Waals surface area (Å²) < 4.78 is 29.6. The number of aromatic nitrogens is 2. The number of benzene rings is 3. The molecule has 0 saturated heterocycles. The van der Waals surface area contributed by atoms with Crippen molar-refractivity contribution in [3.8, 4) is 5.69 Å². The van der Waals surface area contributed by atoms with E-state index in [1.54, 1.807) is 41.2 Å². The van der Waals surface area contributed by atoms with Gasteiger partial charge in [-0.3, -0.25) is 9.52 Å². The standard InChI is InChI=1S/C23H19ClN4O3S/c24-19-9-11-20(12-10-19)27-32(30,31)22-8-4-5-18(13-22)23(29)25-14-17-15-26-28(16-17)21-6-2-1-3-7-21/h1-13,15-16,27H,14H2,(H,25,29). The Morgan fingerprint density at radius 1 is 0.969 bits per heavy atom. The molecule has 1 amide bonds. The number of carbonyl (C=O) groups excluding carboxylic acids is 1. The first-order valence-corrected chi connectivity index (χ1v) is 11.5. The molecule has 0 atom stereocenters. The lowest BCUT2D eigenvalue weighted by Crippen LogP contribution is -2.23. The molecule has 0 saturated carbocycles. The minimum Gasteiger partial charge on any atom is -0.348 e. The Balaban J connectivity index is 1.43. The monoisotopic (exact) mass is 466 g/mol. The molecule has 0 aliphatic rings. The normalized spacial score (nSPS) is 11.2. The van der Waals surface area contributed by atoms with E-state index in [1.807, 2.05) is 36.5 Å². The van der Waals surface area contributed by atoms with E-state index >= 15 is 0 Å². The van der Waals surface area contributed by atoms with Gasteiger partial charge < -0.3 is 5.32 Å². The van der Waals surface area contributed by atoms with Crippen molar-refractivity contribution in [3.05, 3.63) is 107 Å². The van der Waals surface area contributed by atoms with Crippen LogP contribution in [-0.4, -0.2) is 24.1 Å². The molecule has 1 heterocycles. The number of nitrogens with one attached hydrogen (secondary N) is 2. The number of sulfonamides is 1. The fourth-order valence-electron chi connectivity index (χ4n) is 2.99. The van der Waals surface area contributed by atoms with Crippen molar-refractivity contribution < 1.29 is 13.2 Å². The number of rotatable bonds is 7. The lowest BCUT2D eigenvalue weighted by molar-refractivity contribution is 0.0950. The van der Waals surface area contributed by atoms with Gasteiger partial charge in [-0.2, -0.15) is 5.10 Å². The quantitative estimate of drug-likeness (QED) is 0.425. The fourth-order valence-corrected chi connectivity index (χ4v) is 4.22. The maximum atomic E-state index is 12.7. The Bertz CT molecular complexity index is 1340. The van der Waals surface area contributed by atoms with Crippen LogP contribution in [0.1, 0.15) is 15.9 Å². The second-order valence-corrected chi connectivity index (χ2v) is 9.07. The van der Waals surface area contributed by atoms with Crippen LogP contribution < -0.4 is 10.0 Å². The summed E-state index contributed by atoms with van der Waals surface area (Å²) in [5.74, 6) is -0.388. The summed E-state index contributed by atoms with van der Waals surface area (Å²) in [5, 5.41) is 7.59. The molecule has 162 valence electrons. The number of halogens is 1. The van der Waals surface area contributed by atoms with E-state index < -0.39 is 10.0 Å². The van der Waals surface area contributed by atoms with Crippen LogP contribution >= 0.6 is 11.6 Å². The van der Waals surface area contributed by atoms with Gasteiger partial charge in [0.1, 0.15) is 0 Å². The van der Waals surface area contributed by atoms with E-state index in [1.165, 1.54) is 18.2 Å². The van der Waals surface area contributed by atoms with Gasteiger partial charge >= 0.3 is 0 Å². The Kier molecular flexibility index (Phi) is 6.25. The van der Waals surface area contributed by atoms with Gasteiger partial charge in [0, 0.05) is 34.6 Å². The van der Waals surface area contributed by atoms with Gasteiger partial charge in [0.05, 0.1) is 16.8 Å². The second-order valence-electron chi connectivity index (χ2n) is 6.95. The van der Waals surface area contributed by atoms with Crippen molar-refractivity contribution in [1.29, 1.82) is 0 Å². The summed E-state index contributed by atoms with van der Waals surface area (Å²) in [6.45, 7) is 0.256. The lowest BCUT2D eigenvalue weighted by atomic mass is 10.2. The molecule has 0 unspecified atom stereocenters. The molecule has 4 aromatic rings. The minimum atomic E-state index is -3.86. The first kappa shape index (κ1) is 21.6. The van der Waals surface area contributed by atoms with Crippen LogP contribution in [-0.2, 0) is 16.6 Å². The summed E-state index contributed by atoms with van der Waals surface area (Å²) in [5.41, 5.74) is 2.34. The number of nitrogens with zero attached hydrogens (tertiary/aromatic N) is 2. The summed E-state index contributed by atoms with van der Waals surface area (Å²) in [4.78, 5) is 12.6. The largest absolute Gasteiger partial charge is 0.348 e. The zero-order valence-electron chi connectivity index (χ0n) is 16.8. The van der Waals surface area contributed by atoms with Gasteiger partial charge in [-0.25, -0.2) is 13.1 Å². The number of carbonyl (C=O) groups is 1. The number of hydrogen-bond donors (Lipinski definition) is 2. The van der Waals surface area contributed by atoms with E-state index in [0.29, 0.717) is 10.7 Å². The van der Waals surface area contributed by atoms with Crippen molar-refractivity contribution in [2.45, 2.75) is 11.4 Å². The molecule has 0 aliphatic heterocycles. The highest BCUT2D eigenvalue weighted by atomic mass is 35.5. The van der Waals surface area contributed by atoms with Gasteiger partial charge in [-0.15, -0.1) is 0 Å². The Hall–Kier alpha value is -3.62. The zero-order chi connectivity index (χ0) is 22.6. The van der Waals surface area contributed by atoms with Crippen molar-refractivity contribution in [3.63, 3.8) is 0 Å². The summed E-state index contributed by atoms with van der Waals surface area (Å²) in [7, 11) is -3.86. The van der Waals surface area contributed by atoms with Crippen LogP contribution in [0.5, 0.6) is 0 Å². The van der Waals surface area contributed by atoms with Crippen molar-refractivity contribution >= 4 is 33.2 Å². The van der Waals surface area contributed by atoms with Gasteiger partial charge in [0.2, 0.25) is 0 Å². The van der Waals surface area contributed by atoms with Gasteiger partial charge in [-0.1, -0.05) is 35.9 Å². The van der Waals surface area contributed by atoms with E-state index in [2.05, 4.69) is 15.1 Å². The lowest BCUT2D eigenvalue weighted by Gasteiger charge is -2.10. The molecule has 0 spiro atoms. The maximum Gasteiger partial charge on any atom is 0.261 e. The Morgan fingerprint density at radius 3 is 2.47 bits per heavy atom. The van der Waals surface area contributed by atoms with Crippen LogP contribution in [0, 0.1) is 0 Å². The smallest absolute Gasteiger partial charge is 0.261 e. The van der Waals surface area contributed by atoms with Gasteiger partial charge in [0.25, 0.3) is 15.9 Å². The predicted molar refractivity (Wildman–Crippen MR) is 123 cm³/mol. The van der Waals surface area contributed by atoms with Crippen LogP contribution in [0.25, 0.3) is 5.69 Å². The molecule has 0 aliphatic carbocycles. The molecule has 9 heteroatoms. The van der Waals surface area contributed by atoms with Crippen LogP contribution in [0.3, 0.4) is 0 Å². The van der Waals surface area contributed by atoms with Gasteiger partial charge in [0.15, 0.2) is 0 Å². The van der Waals surface area contributed by atoms with E-state index in [9.17, 15) is 13.2 Å². The molecule has 32 heavy (non-hydrogen) atoms. The van der Waals surface area contributed by atoms with Gasteiger partial charge in [-0.05, 0) is 54.6 Å². The highest BCUT2D eigenvalue weighted by Gasteiger charge is 2.17. The van der Waals surface area contributed by atoms with Crippen LogP contribution in [0.15, 0.2) is 96.2 Å². The molecule has 2 N–H and O–H groups in total. The zero-order valence-corrected chi connectivity index (χ0v) is 18.3. The van der Waals surface area contributed by atoms with E-state index in [4.69, 9.17) is 11.6 Å². The third-order valence-electron chi connectivity index (χ3n) is 4.61. The molecule has 1 aromatic heterocycles. The number of anilines is 1. The second kappa shape index (κ2) is 9.25. The number of hydrogen-bond acceptors (Lipinski definition) is 4. The first-order valence-electron chi connectivity index (χ1n) is 9.66. The SMILES string of the molecule is O=C(NCc1cnn(-c2ccccc2)c1)c1cccc(S(=O)(=O)Nc2ccc(Cl)cc2)c1. The molecular weight excluding hydrogens is 448 g/mol. The minimum absolute atomic E-state index is 0.0167. The van der Waals surface area contributed by atoms with Crippen molar-refractivity contribution in [2.75, 3.05) is 4.72 Å². The summed E-state index contributed by atoms with van der Waals surface area (Å²) >= 11 is 5.84.